The van der Waals surface area contributed by atoms with Gasteiger partial charge in [0.2, 0.25) is 0 Å². The molecule has 5 nitrogen and oxygen atoms in total. The number of aryl methyl sites for hydroxylation is 1. The number of nitrogens with zero attached hydrogens (tertiary/aromatic N) is 3. The molecule has 3 aromatic rings. The third kappa shape index (κ3) is 2.99. The molecule has 4 rings (SSSR count). The molecule has 1 saturated carbocycles. The van der Waals surface area contributed by atoms with E-state index < -0.39 is 0 Å². The number of fused-ring (bicyclic) bond motifs is 1. The molecular weight excluding hydrogens is 319 g/mol. The number of aromatic nitrogens is 3. The minimum atomic E-state index is -0.319. The van der Waals surface area contributed by atoms with E-state index in [4.69, 9.17) is 0 Å². The third-order valence-electron chi connectivity index (χ3n) is 4.84. The van der Waals surface area contributed by atoms with Crippen molar-refractivity contribution in [3.05, 3.63) is 53.3 Å². The quantitative estimate of drug-likeness (QED) is 0.777. The zero-order valence-electron chi connectivity index (χ0n) is 14.0. The maximum absolute atomic E-state index is 13.2. The number of carbonyl (C=O) groups is 1. The lowest BCUT2D eigenvalue weighted by Crippen LogP contribution is -2.13. The Morgan fingerprint density at radius 2 is 2.00 bits per heavy atom. The molecule has 0 aliphatic heterocycles. The summed E-state index contributed by atoms with van der Waals surface area (Å²) < 4.78 is 15.2. The molecule has 1 aliphatic rings. The average molecular weight is 338 g/mol. The molecule has 0 spiro atoms. The summed E-state index contributed by atoms with van der Waals surface area (Å²) in [5.41, 5.74) is 3.47. The van der Waals surface area contributed by atoms with E-state index in [0.29, 0.717) is 22.9 Å². The Bertz CT molecular complexity index is 944. The van der Waals surface area contributed by atoms with E-state index in [1.54, 1.807) is 25.1 Å². The second kappa shape index (κ2) is 6.27. The van der Waals surface area contributed by atoms with Crippen LogP contribution in [0.5, 0.6) is 0 Å². The van der Waals surface area contributed by atoms with Gasteiger partial charge in [0.1, 0.15) is 11.3 Å². The van der Waals surface area contributed by atoms with E-state index >= 15 is 0 Å². The molecule has 1 heterocycles. The number of benzene rings is 2. The largest absolute Gasteiger partial charge is 0.322 e. The van der Waals surface area contributed by atoms with Crippen LogP contribution in [0.1, 0.15) is 47.6 Å². The van der Waals surface area contributed by atoms with E-state index in [9.17, 15) is 9.18 Å². The van der Waals surface area contributed by atoms with Gasteiger partial charge in [-0.2, -0.15) is 0 Å². The van der Waals surface area contributed by atoms with Gasteiger partial charge in [0.15, 0.2) is 0 Å². The number of halogens is 1. The molecule has 0 atom stereocenters. The first-order valence-electron chi connectivity index (χ1n) is 8.54. The van der Waals surface area contributed by atoms with Crippen LogP contribution < -0.4 is 5.32 Å². The van der Waals surface area contributed by atoms with Crippen LogP contribution in [0, 0.1) is 12.7 Å². The molecule has 0 unspecified atom stereocenters. The standard InChI is InChI=1S/C19H19FN4O/c1-12-10-14(20)7-8-16(12)21-19(25)13-6-9-18-17(11-13)22-23-24(18)15-4-2-3-5-15/h6-11,15H,2-5H2,1H3,(H,21,25). The van der Waals surface area contributed by atoms with Gasteiger partial charge in [-0.3, -0.25) is 4.79 Å². The Balaban J connectivity index is 1.59. The van der Waals surface area contributed by atoms with Crippen LogP contribution in [0.2, 0.25) is 0 Å². The lowest BCUT2D eigenvalue weighted by Gasteiger charge is -2.10. The van der Waals surface area contributed by atoms with E-state index in [2.05, 4.69) is 15.6 Å². The normalized spacial score (nSPS) is 15.0. The van der Waals surface area contributed by atoms with Gasteiger partial charge in [0.25, 0.3) is 5.91 Å². The molecule has 2 aromatic carbocycles. The molecule has 1 amide bonds. The van der Waals surface area contributed by atoms with Crippen molar-refractivity contribution < 1.29 is 9.18 Å². The molecule has 6 heteroatoms. The first kappa shape index (κ1) is 15.7. The van der Waals surface area contributed by atoms with Crippen LogP contribution in [0.25, 0.3) is 11.0 Å². The van der Waals surface area contributed by atoms with Crippen molar-refractivity contribution in [3.8, 4) is 0 Å². The monoisotopic (exact) mass is 338 g/mol. The molecule has 0 saturated heterocycles. The summed E-state index contributed by atoms with van der Waals surface area (Å²) in [5, 5.41) is 11.3. The van der Waals surface area contributed by atoms with Gasteiger partial charge in [-0.15, -0.1) is 5.10 Å². The van der Waals surface area contributed by atoms with Crippen molar-refractivity contribution in [2.24, 2.45) is 0 Å². The summed E-state index contributed by atoms with van der Waals surface area (Å²) in [6.45, 7) is 1.76. The van der Waals surface area contributed by atoms with Gasteiger partial charge < -0.3 is 5.32 Å². The summed E-state index contributed by atoms with van der Waals surface area (Å²) >= 11 is 0. The Morgan fingerprint density at radius 1 is 1.20 bits per heavy atom. The predicted octanol–water partition coefficient (Wildman–Crippen LogP) is 4.25. The van der Waals surface area contributed by atoms with E-state index in [1.807, 2.05) is 10.7 Å². The van der Waals surface area contributed by atoms with Gasteiger partial charge >= 0.3 is 0 Å². The highest BCUT2D eigenvalue weighted by Crippen LogP contribution is 2.31. The fourth-order valence-corrected chi connectivity index (χ4v) is 3.46. The number of hydrogen-bond acceptors (Lipinski definition) is 3. The number of nitrogens with one attached hydrogen (secondary N) is 1. The van der Waals surface area contributed by atoms with Gasteiger partial charge in [-0.1, -0.05) is 18.1 Å². The van der Waals surface area contributed by atoms with Crippen molar-refractivity contribution in [2.45, 2.75) is 38.6 Å². The summed E-state index contributed by atoms with van der Waals surface area (Å²) in [7, 11) is 0. The van der Waals surface area contributed by atoms with Crippen LogP contribution in [-0.2, 0) is 0 Å². The van der Waals surface area contributed by atoms with Crippen molar-refractivity contribution in [1.82, 2.24) is 15.0 Å². The smallest absolute Gasteiger partial charge is 0.255 e. The highest BCUT2D eigenvalue weighted by Gasteiger charge is 2.20. The lowest BCUT2D eigenvalue weighted by molar-refractivity contribution is 0.102. The Labute approximate surface area is 144 Å². The van der Waals surface area contributed by atoms with E-state index in [-0.39, 0.29) is 11.7 Å². The minimum absolute atomic E-state index is 0.243. The number of rotatable bonds is 3. The minimum Gasteiger partial charge on any atom is -0.322 e. The number of anilines is 1. The number of amides is 1. The maximum atomic E-state index is 13.2. The van der Waals surface area contributed by atoms with Gasteiger partial charge in [0, 0.05) is 11.3 Å². The first-order valence-corrected chi connectivity index (χ1v) is 8.54. The molecule has 1 fully saturated rings. The second-order valence-corrected chi connectivity index (χ2v) is 6.59. The average Bonchev–Trinajstić information content (AvgIpc) is 3.25. The Hall–Kier alpha value is -2.76. The fourth-order valence-electron chi connectivity index (χ4n) is 3.46. The number of hydrogen-bond donors (Lipinski definition) is 1. The van der Waals surface area contributed by atoms with Crippen LogP contribution in [0.3, 0.4) is 0 Å². The van der Waals surface area contributed by atoms with Crippen molar-refractivity contribution in [3.63, 3.8) is 0 Å². The van der Waals surface area contributed by atoms with Gasteiger partial charge in [0.05, 0.1) is 11.6 Å². The summed E-state index contributed by atoms with van der Waals surface area (Å²) in [4.78, 5) is 12.5. The van der Waals surface area contributed by atoms with Crippen molar-refractivity contribution in [2.75, 3.05) is 5.32 Å². The van der Waals surface area contributed by atoms with Gasteiger partial charge in [-0.25, -0.2) is 9.07 Å². The first-order chi connectivity index (χ1) is 12.1. The highest BCUT2D eigenvalue weighted by molar-refractivity contribution is 6.06. The van der Waals surface area contributed by atoms with E-state index in [1.165, 1.54) is 25.0 Å². The Morgan fingerprint density at radius 3 is 2.76 bits per heavy atom. The Kier molecular flexibility index (Phi) is 3.95. The predicted molar refractivity (Wildman–Crippen MR) is 94.1 cm³/mol. The summed E-state index contributed by atoms with van der Waals surface area (Å²) in [5.74, 6) is -0.563. The lowest BCUT2D eigenvalue weighted by atomic mass is 10.1. The molecular formula is C19H19FN4O. The molecule has 128 valence electrons. The maximum Gasteiger partial charge on any atom is 0.255 e. The highest BCUT2D eigenvalue weighted by atomic mass is 19.1. The topological polar surface area (TPSA) is 59.8 Å². The van der Waals surface area contributed by atoms with Crippen LogP contribution in [0.15, 0.2) is 36.4 Å². The third-order valence-corrected chi connectivity index (χ3v) is 4.84. The van der Waals surface area contributed by atoms with Gasteiger partial charge in [-0.05, 0) is 61.7 Å². The molecule has 1 N–H and O–H groups in total. The molecule has 1 aromatic heterocycles. The summed E-state index contributed by atoms with van der Waals surface area (Å²) in [6.07, 6.45) is 4.71. The van der Waals surface area contributed by atoms with Crippen LogP contribution in [0.4, 0.5) is 10.1 Å². The summed E-state index contributed by atoms with van der Waals surface area (Å²) in [6, 6.07) is 10.1. The molecule has 1 aliphatic carbocycles. The molecule has 25 heavy (non-hydrogen) atoms. The van der Waals surface area contributed by atoms with Crippen LogP contribution in [-0.4, -0.2) is 20.9 Å². The van der Waals surface area contributed by atoms with Crippen LogP contribution >= 0.6 is 0 Å². The zero-order chi connectivity index (χ0) is 17.4. The SMILES string of the molecule is Cc1cc(F)ccc1NC(=O)c1ccc2c(c1)nnn2C1CCCC1. The second-order valence-electron chi connectivity index (χ2n) is 6.59. The number of carbonyl (C=O) groups excluding carboxylic acids is 1. The molecule has 0 radical (unpaired) electrons. The van der Waals surface area contributed by atoms with Crippen molar-refractivity contribution >= 4 is 22.6 Å². The zero-order valence-corrected chi connectivity index (χ0v) is 14.0. The molecule has 0 bridgehead atoms. The van der Waals surface area contributed by atoms with E-state index in [0.717, 1.165) is 23.9 Å². The fraction of sp³-hybridized carbons (Fsp3) is 0.316. The van der Waals surface area contributed by atoms with Crippen molar-refractivity contribution in [1.29, 1.82) is 0 Å².